The average molecular weight is 238 g/mol. The lowest BCUT2D eigenvalue weighted by Crippen LogP contribution is -2.64. The molecule has 100 valence electrons. The van der Waals surface area contributed by atoms with Crippen LogP contribution in [0.4, 0.5) is 0 Å². The van der Waals surface area contributed by atoms with Crippen molar-refractivity contribution in [2.45, 2.75) is 71.5 Å². The summed E-state index contributed by atoms with van der Waals surface area (Å²) in [7, 11) is 0. The molecule has 2 nitrogen and oxygen atoms in total. The van der Waals surface area contributed by atoms with Gasteiger partial charge < -0.3 is 5.32 Å². The van der Waals surface area contributed by atoms with E-state index in [0.717, 1.165) is 11.8 Å². The molecule has 1 N–H and O–H groups in total. The number of nitrogens with one attached hydrogen (secondary N) is 1. The molecule has 0 aromatic heterocycles. The summed E-state index contributed by atoms with van der Waals surface area (Å²) in [5.41, 5.74) is 0.407. The van der Waals surface area contributed by atoms with Crippen molar-refractivity contribution in [1.82, 2.24) is 10.2 Å². The Labute approximate surface area is 107 Å². The van der Waals surface area contributed by atoms with Crippen LogP contribution in [-0.2, 0) is 0 Å². The van der Waals surface area contributed by atoms with Gasteiger partial charge in [-0.3, -0.25) is 4.90 Å². The summed E-state index contributed by atoms with van der Waals surface area (Å²) in [5, 5.41) is 3.72. The minimum Gasteiger partial charge on any atom is -0.311 e. The fourth-order valence-electron chi connectivity index (χ4n) is 3.39. The summed E-state index contributed by atoms with van der Waals surface area (Å²) >= 11 is 0. The number of piperazine rings is 1. The molecule has 2 rings (SSSR count). The van der Waals surface area contributed by atoms with E-state index < -0.39 is 0 Å². The van der Waals surface area contributed by atoms with Gasteiger partial charge >= 0.3 is 0 Å². The zero-order chi connectivity index (χ0) is 12.6. The van der Waals surface area contributed by atoms with Crippen LogP contribution in [0.1, 0.15) is 53.9 Å². The molecule has 17 heavy (non-hydrogen) atoms. The second kappa shape index (κ2) is 4.89. The van der Waals surface area contributed by atoms with Crippen LogP contribution in [0.3, 0.4) is 0 Å². The van der Waals surface area contributed by atoms with Crippen molar-refractivity contribution in [3.63, 3.8) is 0 Å². The fraction of sp³-hybridized carbons (Fsp3) is 1.00. The predicted molar refractivity (Wildman–Crippen MR) is 74.2 cm³/mol. The molecule has 1 heterocycles. The molecular weight excluding hydrogens is 208 g/mol. The Kier molecular flexibility index (Phi) is 3.84. The van der Waals surface area contributed by atoms with E-state index >= 15 is 0 Å². The number of nitrogens with zero attached hydrogens (tertiary/aromatic N) is 1. The molecule has 2 aliphatic rings. The maximum atomic E-state index is 3.72. The maximum absolute atomic E-state index is 3.72. The smallest absolute Gasteiger partial charge is 0.0249 e. The van der Waals surface area contributed by atoms with E-state index in [0.29, 0.717) is 17.6 Å². The lowest BCUT2D eigenvalue weighted by molar-refractivity contribution is -0.00257. The second-order valence-corrected chi connectivity index (χ2v) is 6.91. The van der Waals surface area contributed by atoms with E-state index in [2.05, 4.69) is 44.8 Å². The molecule has 2 unspecified atom stereocenters. The first-order valence-corrected chi connectivity index (χ1v) is 7.47. The van der Waals surface area contributed by atoms with Gasteiger partial charge in [0.15, 0.2) is 0 Å². The van der Waals surface area contributed by atoms with Crippen molar-refractivity contribution in [3.8, 4) is 0 Å². The molecule has 1 aliphatic carbocycles. The van der Waals surface area contributed by atoms with Gasteiger partial charge in [-0.15, -0.1) is 0 Å². The van der Waals surface area contributed by atoms with Crippen LogP contribution in [0.15, 0.2) is 0 Å². The summed E-state index contributed by atoms with van der Waals surface area (Å²) in [5.74, 6) is 1.69. The molecule has 0 aromatic rings. The Morgan fingerprint density at radius 2 is 1.94 bits per heavy atom. The van der Waals surface area contributed by atoms with E-state index in [1.165, 1.54) is 32.4 Å². The third-order valence-electron chi connectivity index (χ3n) is 5.01. The highest BCUT2D eigenvalue weighted by atomic mass is 15.3. The summed E-state index contributed by atoms with van der Waals surface area (Å²) in [4.78, 5) is 2.82. The van der Waals surface area contributed by atoms with Gasteiger partial charge in [0.25, 0.3) is 0 Å². The molecule has 0 spiro atoms. The maximum Gasteiger partial charge on any atom is 0.0249 e. The van der Waals surface area contributed by atoms with Crippen LogP contribution in [0.25, 0.3) is 0 Å². The molecule has 0 aromatic carbocycles. The number of rotatable bonds is 4. The minimum absolute atomic E-state index is 0.407. The SMILES string of the molecule is CCC1CN(C(C)(C)C2CC2)C(C(C)C)CN1. The Morgan fingerprint density at radius 3 is 2.41 bits per heavy atom. The monoisotopic (exact) mass is 238 g/mol. The molecule has 1 saturated heterocycles. The second-order valence-electron chi connectivity index (χ2n) is 6.91. The van der Waals surface area contributed by atoms with Crippen molar-refractivity contribution in [2.75, 3.05) is 13.1 Å². The first-order valence-electron chi connectivity index (χ1n) is 7.47. The number of hydrogen-bond acceptors (Lipinski definition) is 2. The largest absolute Gasteiger partial charge is 0.311 e. The van der Waals surface area contributed by atoms with Gasteiger partial charge in [0, 0.05) is 30.7 Å². The minimum atomic E-state index is 0.407. The van der Waals surface area contributed by atoms with Gasteiger partial charge in [-0.05, 0) is 44.9 Å². The van der Waals surface area contributed by atoms with E-state index in [4.69, 9.17) is 0 Å². The molecule has 1 aliphatic heterocycles. The van der Waals surface area contributed by atoms with Crippen LogP contribution in [-0.4, -0.2) is 35.6 Å². The molecule has 2 atom stereocenters. The molecule has 1 saturated carbocycles. The van der Waals surface area contributed by atoms with Gasteiger partial charge in [0.1, 0.15) is 0 Å². The van der Waals surface area contributed by atoms with E-state index in [9.17, 15) is 0 Å². The van der Waals surface area contributed by atoms with Crippen LogP contribution in [0.5, 0.6) is 0 Å². The van der Waals surface area contributed by atoms with E-state index in [-0.39, 0.29) is 0 Å². The Balaban J connectivity index is 2.12. The first-order chi connectivity index (χ1) is 7.96. The highest BCUT2D eigenvalue weighted by Gasteiger charge is 2.46. The van der Waals surface area contributed by atoms with Crippen molar-refractivity contribution < 1.29 is 0 Å². The number of hydrogen-bond donors (Lipinski definition) is 1. The summed E-state index contributed by atoms with van der Waals surface area (Å²) < 4.78 is 0. The third kappa shape index (κ3) is 2.68. The Hall–Kier alpha value is -0.0800. The summed E-state index contributed by atoms with van der Waals surface area (Å²) in [6, 6.07) is 1.41. The van der Waals surface area contributed by atoms with E-state index in [1.807, 2.05) is 0 Å². The van der Waals surface area contributed by atoms with Crippen molar-refractivity contribution >= 4 is 0 Å². The standard InChI is InChI=1S/C15H30N2/c1-6-13-10-17(14(9-16-13)11(2)3)15(4,5)12-7-8-12/h11-14,16H,6-10H2,1-5H3. The zero-order valence-corrected chi connectivity index (χ0v) is 12.3. The van der Waals surface area contributed by atoms with Crippen LogP contribution in [0, 0.1) is 11.8 Å². The molecule has 2 fully saturated rings. The molecule has 0 bridgehead atoms. The summed E-state index contributed by atoms with van der Waals surface area (Å²) in [6.45, 7) is 14.4. The van der Waals surface area contributed by atoms with Gasteiger partial charge in [0.05, 0.1) is 0 Å². The molecular formula is C15H30N2. The van der Waals surface area contributed by atoms with Gasteiger partial charge in [-0.1, -0.05) is 20.8 Å². The topological polar surface area (TPSA) is 15.3 Å². The Bertz CT molecular complexity index is 256. The van der Waals surface area contributed by atoms with Gasteiger partial charge in [-0.25, -0.2) is 0 Å². The summed E-state index contributed by atoms with van der Waals surface area (Å²) in [6.07, 6.45) is 4.14. The lowest BCUT2D eigenvalue weighted by Gasteiger charge is -2.51. The zero-order valence-electron chi connectivity index (χ0n) is 12.3. The predicted octanol–water partition coefficient (Wildman–Crippen LogP) is 2.88. The normalized spacial score (nSPS) is 32.1. The average Bonchev–Trinajstić information content (AvgIpc) is 3.12. The quantitative estimate of drug-likeness (QED) is 0.810. The molecule has 0 amide bonds. The van der Waals surface area contributed by atoms with Gasteiger partial charge in [0.2, 0.25) is 0 Å². The van der Waals surface area contributed by atoms with E-state index in [1.54, 1.807) is 0 Å². The molecule has 0 radical (unpaired) electrons. The van der Waals surface area contributed by atoms with Crippen molar-refractivity contribution in [3.05, 3.63) is 0 Å². The highest BCUT2D eigenvalue weighted by molar-refractivity contribution is 5.02. The third-order valence-corrected chi connectivity index (χ3v) is 5.01. The highest BCUT2D eigenvalue weighted by Crippen LogP contribution is 2.44. The van der Waals surface area contributed by atoms with Gasteiger partial charge in [-0.2, -0.15) is 0 Å². The van der Waals surface area contributed by atoms with Crippen molar-refractivity contribution in [1.29, 1.82) is 0 Å². The lowest BCUT2D eigenvalue weighted by atomic mass is 9.87. The van der Waals surface area contributed by atoms with Crippen LogP contribution in [0.2, 0.25) is 0 Å². The molecule has 2 heteroatoms. The van der Waals surface area contributed by atoms with Crippen LogP contribution >= 0.6 is 0 Å². The fourth-order valence-corrected chi connectivity index (χ4v) is 3.39. The first kappa shape index (κ1) is 13.4. The Morgan fingerprint density at radius 1 is 1.29 bits per heavy atom. The van der Waals surface area contributed by atoms with Crippen molar-refractivity contribution in [2.24, 2.45) is 11.8 Å². The van der Waals surface area contributed by atoms with Crippen LogP contribution < -0.4 is 5.32 Å².